The summed E-state index contributed by atoms with van der Waals surface area (Å²) < 4.78 is 0. The molecule has 0 aromatic heterocycles. The second-order valence-electron chi connectivity index (χ2n) is 3.99. The molecule has 0 atom stereocenters. The van der Waals surface area contributed by atoms with Crippen molar-refractivity contribution in [3.8, 4) is 5.75 Å². The number of nitro groups is 2. The highest BCUT2D eigenvalue weighted by molar-refractivity contribution is 5.51. The lowest BCUT2D eigenvalue weighted by atomic mass is 10.1. The van der Waals surface area contributed by atoms with Gasteiger partial charge in [0, 0.05) is 12.1 Å². The molecule has 0 heterocycles. The first-order chi connectivity index (χ1) is 9.97. The SMILES string of the molecule is CCc1ccccc1O.O=[N+]([O-])c1ccccc1[N+](=O)[O-]. The van der Waals surface area contributed by atoms with Crippen LogP contribution in [0.1, 0.15) is 12.5 Å². The standard InChI is InChI=1S/C8H10O.C6H4N2O4/c1-2-7-5-3-4-6-8(7)9;9-7(10)5-3-1-2-4-6(5)8(11)12/h3-6,9H,2H2,1H3;1-4H. The molecule has 0 aliphatic carbocycles. The lowest BCUT2D eigenvalue weighted by Gasteiger charge is -1.97. The quantitative estimate of drug-likeness (QED) is 0.688. The van der Waals surface area contributed by atoms with Gasteiger partial charge in [-0.05, 0) is 18.1 Å². The van der Waals surface area contributed by atoms with Gasteiger partial charge in [0.1, 0.15) is 5.75 Å². The Morgan fingerprint density at radius 3 is 1.67 bits per heavy atom. The zero-order valence-corrected chi connectivity index (χ0v) is 11.3. The van der Waals surface area contributed by atoms with Gasteiger partial charge in [-0.2, -0.15) is 0 Å². The van der Waals surface area contributed by atoms with E-state index in [4.69, 9.17) is 5.11 Å². The van der Waals surface area contributed by atoms with Crippen LogP contribution in [0.4, 0.5) is 11.4 Å². The molecule has 0 aliphatic rings. The summed E-state index contributed by atoms with van der Waals surface area (Å²) in [7, 11) is 0. The zero-order valence-electron chi connectivity index (χ0n) is 11.3. The van der Waals surface area contributed by atoms with Crippen molar-refractivity contribution in [3.05, 3.63) is 74.3 Å². The molecule has 2 aromatic rings. The minimum Gasteiger partial charge on any atom is -0.508 e. The summed E-state index contributed by atoms with van der Waals surface area (Å²) in [5.74, 6) is 0.403. The third-order valence-corrected chi connectivity index (χ3v) is 2.65. The topological polar surface area (TPSA) is 107 Å². The van der Waals surface area contributed by atoms with E-state index in [1.807, 2.05) is 25.1 Å². The number of aromatic hydroxyl groups is 1. The molecule has 0 bridgehead atoms. The van der Waals surface area contributed by atoms with Gasteiger partial charge in [-0.25, -0.2) is 0 Å². The maximum Gasteiger partial charge on any atom is 0.346 e. The highest BCUT2D eigenvalue weighted by Gasteiger charge is 2.21. The summed E-state index contributed by atoms with van der Waals surface area (Å²) in [6.45, 7) is 2.02. The molecule has 1 N–H and O–H groups in total. The number of rotatable bonds is 3. The molecule has 2 rings (SSSR count). The van der Waals surface area contributed by atoms with Gasteiger partial charge in [0.25, 0.3) is 0 Å². The number of nitrogens with zero attached hydrogens (tertiary/aromatic N) is 2. The van der Waals surface area contributed by atoms with Crippen LogP contribution in [-0.2, 0) is 6.42 Å². The van der Waals surface area contributed by atoms with Crippen molar-refractivity contribution in [2.45, 2.75) is 13.3 Å². The van der Waals surface area contributed by atoms with Crippen LogP contribution in [0.15, 0.2) is 48.5 Å². The van der Waals surface area contributed by atoms with Gasteiger partial charge in [-0.3, -0.25) is 20.2 Å². The Labute approximate surface area is 120 Å². The summed E-state index contributed by atoms with van der Waals surface area (Å²) >= 11 is 0. The molecule has 110 valence electrons. The number of hydrogen-bond acceptors (Lipinski definition) is 5. The third-order valence-electron chi connectivity index (χ3n) is 2.65. The van der Waals surface area contributed by atoms with Gasteiger partial charge < -0.3 is 5.11 Å². The largest absolute Gasteiger partial charge is 0.508 e. The van der Waals surface area contributed by atoms with Crippen LogP contribution in [0, 0.1) is 20.2 Å². The first-order valence-electron chi connectivity index (χ1n) is 6.12. The Kier molecular flexibility index (Phi) is 5.81. The third kappa shape index (κ3) is 4.57. The van der Waals surface area contributed by atoms with E-state index in [0.717, 1.165) is 24.1 Å². The molecule has 0 amide bonds. The van der Waals surface area contributed by atoms with E-state index in [1.54, 1.807) is 6.07 Å². The van der Waals surface area contributed by atoms with Gasteiger partial charge in [0.2, 0.25) is 0 Å². The minimum absolute atomic E-state index is 0.403. The fourth-order valence-electron chi connectivity index (χ4n) is 1.58. The Morgan fingerprint density at radius 1 is 0.905 bits per heavy atom. The number of nitro benzene ring substituents is 2. The van der Waals surface area contributed by atoms with E-state index < -0.39 is 21.2 Å². The molecule has 0 fully saturated rings. The van der Waals surface area contributed by atoms with E-state index in [-0.39, 0.29) is 0 Å². The van der Waals surface area contributed by atoms with Crippen LogP contribution in [0.2, 0.25) is 0 Å². The van der Waals surface area contributed by atoms with Crippen molar-refractivity contribution in [2.75, 3.05) is 0 Å². The summed E-state index contributed by atoms with van der Waals surface area (Å²) in [5.41, 5.74) is 0.0440. The van der Waals surface area contributed by atoms with E-state index in [1.165, 1.54) is 12.1 Å². The number of phenols is 1. The second kappa shape index (κ2) is 7.59. The van der Waals surface area contributed by atoms with Crippen LogP contribution < -0.4 is 0 Å². The zero-order chi connectivity index (χ0) is 15.8. The number of phenolic OH excluding ortho intramolecular Hbond substituents is 1. The van der Waals surface area contributed by atoms with Crippen molar-refractivity contribution >= 4 is 11.4 Å². The van der Waals surface area contributed by atoms with Gasteiger partial charge in [-0.15, -0.1) is 0 Å². The molecule has 0 spiro atoms. The maximum absolute atomic E-state index is 10.2. The van der Waals surface area contributed by atoms with Crippen molar-refractivity contribution in [1.82, 2.24) is 0 Å². The van der Waals surface area contributed by atoms with E-state index in [2.05, 4.69) is 0 Å². The molecule has 0 saturated heterocycles. The fourth-order valence-corrected chi connectivity index (χ4v) is 1.58. The van der Waals surface area contributed by atoms with E-state index in [9.17, 15) is 20.2 Å². The molecule has 0 aliphatic heterocycles. The number of benzene rings is 2. The lowest BCUT2D eigenvalue weighted by molar-refractivity contribution is -0.422. The summed E-state index contributed by atoms with van der Waals surface area (Å²) in [6, 6.07) is 12.3. The number of para-hydroxylation sites is 3. The molecule has 0 unspecified atom stereocenters. The predicted molar refractivity (Wildman–Crippen MR) is 77.2 cm³/mol. The van der Waals surface area contributed by atoms with Crippen LogP contribution in [-0.4, -0.2) is 15.0 Å². The Balaban J connectivity index is 0.000000219. The molecule has 21 heavy (non-hydrogen) atoms. The predicted octanol–water partition coefficient (Wildman–Crippen LogP) is 3.46. The summed E-state index contributed by atoms with van der Waals surface area (Å²) in [4.78, 5) is 18.9. The van der Waals surface area contributed by atoms with Gasteiger partial charge >= 0.3 is 11.4 Å². The average Bonchev–Trinajstić information content (AvgIpc) is 2.48. The summed E-state index contributed by atoms with van der Waals surface area (Å²) in [6.07, 6.45) is 0.896. The monoisotopic (exact) mass is 290 g/mol. The Hall–Kier alpha value is -2.96. The minimum atomic E-state index is -0.780. The first-order valence-corrected chi connectivity index (χ1v) is 6.12. The van der Waals surface area contributed by atoms with Crippen LogP contribution in [0.3, 0.4) is 0 Å². The first kappa shape index (κ1) is 16.1. The molecule has 7 nitrogen and oxygen atoms in total. The second-order valence-corrected chi connectivity index (χ2v) is 3.99. The highest BCUT2D eigenvalue weighted by atomic mass is 16.6. The summed E-state index contributed by atoms with van der Waals surface area (Å²) in [5, 5.41) is 29.6. The van der Waals surface area contributed by atoms with Crippen LogP contribution in [0.5, 0.6) is 5.75 Å². The van der Waals surface area contributed by atoms with Gasteiger partial charge in [0.05, 0.1) is 9.85 Å². The average molecular weight is 290 g/mol. The van der Waals surface area contributed by atoms with Crippen molar-refractivity contribution in [3.63, 3.8) is 0 Å². The number of hydrogen-bond donors (Lipinski definition) is 1. The molecule has 7 heteroatoms. The molecule has 0 radical (unpaired) electrons. The Morgan fingerprint density at radius 2 is 1.33 bits per heavy atom. The highest BCUT2D eigenvalue weighted by Crippen LogP contribution is 2.24. The van der Waals surface area contributed by atoms with E-state index >= 15 is 0 Å². The smallest absolute Gasteiger partial charge is 0.346 e. The lowest BCUT2D eigenvalue weighted by Crippen LogP contribution is -1.95. The van der Waals surface area contributed by atoms with Crippen molar-refractivity contribution in [1.29, 1.82) is 0 Å². The van der Waals surface area contributed by atoms with Crippen LogP contribution >= 0.6 is 0 Å². The van der Waals surface area contributed by atoms with E-state index in [0.29, 0.717) is 5.75 Å². The molecule has 2 aromatic carbocycles. The van der Waals surface area contributed by atoms with Crippen LogP contribution in [0.25, 0.3) is 0 Å². The normalized spacial score (nSPS) is 9.38. The fraction of sp³-hybridized carbons (Fsp3) is 0.143. The molecule has 0 saturated carbocycles. The number of aryl methyl sites for hydroxylation is 1. The maximum atomic E-state index is 10.2. The van der Waals surface area contributed by atoms with Crippen molar-refractivity contribution in [2.24, 2.45) is 0 Å². The van der Waals surface area contributed by atoms with Gasteiger partial charge in [0.15, 0.2) is 0 Å². The van der Waals surface area contributed by atoms with Crippen molar-refractivity contribution < 1.29 is 15.0 Å². The molecular formula is C14H14N2O5. The van der Waals surface area contributed by atoms with Gasteiger partial charge in [-0.1, -0.05) is 37.3 Å². The molecular weight excluding hydrogens is 276 g/mol. The Bertz CT molecular complexity index is 610.